The molecule has 2 heterocycles. The number of hydrogen-bond donors (Lipinski definition) is 1. The number of rotatable bonds is 5. The Morgan fingerprint density at radius 1 is 1.12 bits per heavy atom. The summed E-state index contributed by atoms with van der Waals surface area (Å²) in [6.07, 6.45) is -4.71. The second-order valence-electron chi connectivity index (χ2n) is 8.29. The molecule has 180 valence electrons. The quantitative estimate of drug-likeness (QED) is 0.401. The van der Waals surface area contributed by atoms with Gasteiger partial charge in [-0.2, -0.15) is 18.3 Å². The van der Waals surface area contributed by atoms with Crippen LogP contribution in [0, 0.1) is 24.0 Å². The summed E-state index contributed by atoms with van der Waals surface area (Å²) in [4.78, 5) is 12.7. The Morgan fingerprint density at radius 2 is 1.82 bits per heavy atom. The third-order valence-electron chi connectivity index (χ3n) is 6.09. The van der Waals surface area contributed by atoms with Crippen molar-refractivity contribution in [2.45, 2.75) is 33.0 Å². The first-order valence-electron chi connectivity index (χ1n) is 10.8. The Bertz CT molecular complexity index is 1240. The van der Waals surface area contributed by atoms with Gasteiger partial charge in [0.1, 0.15) is 0 Å². The van der Waals surface area contributed by atoms with Crippen LogP contribution in [0.2, 0.25) is 0 Å². The van der Waals surface area contributed by atoms with E-state index in [-0.39, 0.29) is 11.1 Å². The summed E-state index contributed by atoms with van der Waals surface area (Å²) in [5, 5.41) is 24.5. The number of hydrogen-bond acceptors (Lipinski definition) is 7. The summed E-state index contributed by atoms with van der Waals surface area (Å²) in [5.74, 6) is 0.391. The van der Waals surface area contributed by atoms with Gasteiger partial charge in [0, 0.05) is 41.7 Å². The summed E-state index contributed by atoms with van der Waals surface area (Å²) in [5.41, 5.74) is 0.145. The molecule has 0 spiro atoms. The molecular formula is C23H24F3N5O3. The monoisotopic (exact) mass is 475 g/mol. The van der Waals surface area contributed by atoms with Gasteiger partial charge in [-0.25, -0.2) is 0 Å². The van der Waals surface area contributed by atoms with Crippen LogP contribution in [-0.2, 0) is 10.9 Å². The number of anilines is 2. The number of halogens is 3. The van der Waals surface area contributed by atoms with E-state index in [1.165, 1.54) is 13.0 Å². The zero-order chi connectivity index (χ0) is 24.6. The lowest BCUT2D eigenvalue weighted by Gasteiger charge is -2.29. The molecule has 34 heavy (non-hydrogen) atoms. The number of nitro benzene ring substituents is 1. The van der Waals surface area contributed by atoms with Crippen LogP contribution >= 0.6 is 0 Å². The van der Waals surface area contributed by atoms with Gasteiger partial charge in [-0.1, -0.05) is 6.07 Å². The summed E-state index contributed by atoms with van der Waals surface area (Å²) in [7, 11) is 0. The van der Waals surface area contributed by atoms with Crippen molar-refractivity contribution in [3.8, 4) is 0 Å². The molecule has 4 rings (SSSR count). The first kappa shape index (κ1) is 23.7. The second-order valence-corrected chi connectivity index (χ2v) is 8.29. The number of fused-ring (bicyclic) bond motifs is 1. The first-order valence-corrected chi connectivity index (χ1v) is 10.8. The maximum absolute atomic E-state index is 13.6. The molecule has 1 N–H and O–H groups in total. The molecule has 1 fully saturated rings. The van der Waals surface area contributed by atoms with Crippen LogP contribution in [0.15, 0.2) is 30.3 Å². The highest BCUT2D eigenvalue weighted by atomic mass is 19.4. The van der Waals surface area contributed by atoms with Gasteiger partial charge in [-0.05, 0) is 44.0 Å². The molecule has 0 amide bonds. The van der Waals surface area contributed by atoms with Gasteiger partial charge in [0.15, 0.2) is 5.82 Å². The van der Waals surface area contributed by atoms with E-state index in [0.29, 0.717) is 30.8 Å². The van der Waals surface area contributed by atoms with Crippen molar-refractivity contribution in [1.29, 1.82) is 0 Å². The molecule has 1 aliphatic heterocycles. The van der Waals surface area contributed by atoms with E-state index in [2.05, 4.69) is 20.4 Å². The number of non-ortho nitro benzene ring substituents is 1. The zero-order valence-electron chi connectivity index (χ0n) is 18.9. The molecule has 3 aromatic rings. The van der Waals surface area contributed by atoms with E-state index in [1.807, 2.05) is 25.1 Å². The maximum atomic E-state index is 13.6. The number of nitro groups is 1. The summed E-state index contributed by atoms with van der Waals surface area (Å²) < 4.78 is 46.1. The lowest BCUT2D eigenvalue weighted by Crippen LogP contribution is -2.36. The predicted molar refractivity (Wildman–Crippen MR) is 122 cm³/mol. The molecule has 2 aromatic carbocycles. The standard InChI is InChI=1S/C23H24F3N5O3/c1-13-19(11-17(31(32)33)12-21(13)23(24,25)26)14(2)27-22-20-10-16(30-6-8-34-9-7-30)4-5-18(20)15(3)28-29-22/h4-5,10-12,14H,6-9H2,1-3H3,(H,27,29)/t14-/m1/s1. The Kier molecular flexibility index (Phi) is 6.30. The van der Waals surface area contributed by atoms with Gasteiger partial charge < -0.3 is 15.0 Å². The third-order valence-corrected chi connectivity index (χ3v) is 6.09. The third kappa shape index (κ3) is 4.60. The number of morpholine rings is 1. The summed E-state index contributed by atoms with van der Waals surface area (Å²) in [6.45, 7) is 7.53. The SMILES string of the molecule is Cc1c([C@@H](C)Nc2nnc(C)c3ccc(N4CCOCC4)cc23)cc([N+](=O)[O-])cc1C(F)(F)F. The molecule has 0 aliphatic carbocycles. The molecule has 1 aliphatic rings. The number of benzene rings is 2. The number of aromatic nitrogens is 2. The van der Waals surface area contributed by atoms with Crippen molar-refractivity contribution in [2.75, 3.05) is 36.5 Å². The van der Waals surface area contributed by atoms with Crippen LogP contribution in [0.4, 0.5) is 30.4 Å². The topological polar surface area (TPSA) is 93.4 Å². The van der Waals surface area contributed by atoms with Gasteiger partial charge in [0.2, 0.25) is 0 Å². The number of nitrogens with zero attached hydrogens (tertiary/aromatic N) is 4. The maximum Gasteiger partial charge on any atom is 0.416 e. The van der Waals surface area contributed by atoms with Crippen LogP contribution < -0.4 is 10.2 Å². The normalized spacial score (nSPS) is 15.4. The minimum Gasteiger partial charge on any atom is -0.378 e. The largest absolute Gasteiger partial charge is 0.416 e. The van der Waals surface area contributed by atoms with Crippen LogP contribution in [0.3, 0.4) is 0 Å². The average Bonchev–Trinajstić information content (AvgIpc) is 2.80. The number of aryl methyl sites for hydroxylation is 1. The van der Waals surface area contributed by atoms with E-state index in [0.717, 1.165) is 29.5 Å². The lowest BCUT2D eigenvalue weighted by molar-refractivity contribution is -0.385. The van der Waals surface area contributed by atoms with Crippen molar-refractivity contribution in [3.63, 3.8) is 0 Å². The van der Waals surface area contributed by atoms with E-state index in [4.69, 9.17) is 4.74 Å². The highest BCUT2D eigenvalue weighted by Gasteiger charge is 2.36. The van der Waals surface area contributed by atoms with Crippen LogP contribution in [0.25, 0.3) is 10.8 Å². The Labute approximate surface area is 193 Å². The smallest absolute Gasteiger partial charge is 0.378 e. The highest BCUT2D eigenvalue weighted by molar-refractivity contribution is 5.95. The molecule has 0 unspecified atom stereocenters. The fourth-order valence-electron chi connectivity index (χ4n) is 4.25. The van der Waals surface area contributed by atoms with E-state index < -0.39 is 28.4 Å². The molecular weight excluding hydrogens is 451 g/mol. The highest BCUT2D eigenvalue weighted by Crippen LogP contribution is 2.38. The van der Waals surface area contributed by atoms with Crippen molar-refractivity contribution in [3.05, 3.63) is 62.8 Å². The second kappa shape index (κ2) is 9.05. The Hall–Kier alpha value is -3.47. The average molecular weight is 475 g/mol. The van der Waals surface area contributed by atoms with Crippen LogP contribution in [0.5, 0.6) is 0 Å². The number of alkyl halides is 3. The minimum atomic E-state index is -4.71. The molecule has 0 radical (unpaired) electrons. The van der Waals surface area contributed by atoms with Crippen molar-refractivity contribution < 1.29 is 22.8 Å². The fourth-order valence-corrected chi connectivity index (χ4v) is 4.25. The van der Waals surface area contributed by atoms with E-state index in [9.17, 15) is 23.3 Å². The van der Waals surface area contributed by atoms with Gasteiger partial charge in [0.25, 0.3) is 5.69 Å². The predicted octanol–water partition coefficient (Wildman–Crippen LogP) is 5.18. The molecule has 1 aromatic heterocycles. The minimum absolute atomic E-state index is 0.0727. The van der Waals surface area contributed by atoms with Gasteiger partial charge >= 0.3 is 6.18 Å². The summed E-state index contributed by atoms with van der Waals surface area (Å²) >= 11 is 0. The van der Waals surface area contributed by atoms with Crippen molar-refractivity contribution >= 4 is 28.0 Å². The fraction of sp³-hybridized carbons (Fsp3) is 0.391. The van der Waals surface area contributed by atoms with E-state index in [1.54, 1.807) is 6.92 Å². The molecule has 0 bridgehead atoms. The van der Waals surface area contributed by atoms with E-state index >= 15 is 0 Å². The van der Waals surface area contributed by atoms with Crippen LogP contribution in [0.1, 0.15) is 35.3 Å². The van der Waals surface area contributed by atoms with Gasteiger partial charge in [0.05, 0.1) is 35.4 Å². The van der Waals surface area contributed by atoms with Crippen molar-refractivity contribution in [1.82, 2.24) is 10.2 Å². The number of ether oxygens (including phenoxy) is 1. The first-order chi connectivity index (χ1) is 16.1. The molecule has 1 saturated heterocycles. The number of nitrogens with one attached hydrogen (secondary N) is 1. The Morgan fingerprint density at radius 3 is 2.47 bits per heavy atom. The van der Waals surface area contributed by atoms with Crippen LogP contribution in [-0.4, -0.2) is 41.4 Å². The van der Waals surface area contributed by atoms with Crippen molar-refractivity contribution in [2.24, 2.45) is 0 Å². The molecule has 8 nitrogen and oxygen atoms in total. The molecule has 1 atom stereocenters. The summed E-state index contributed by atoms with van der Waals surface area (Å²) in [6, 6.07) is 6.95. The van der Waals surface area contributed by atoms with Gasteiger partial charge in [-0.3, -0.25) is 10.1 Å². The Balaban J connectivity index is 1.76. The zero-order valence-corrected chi connectivity index (χ0v) is 18.9. The molecule has 11 heteroatoms. The molecule has 0 saturated carbocycles. The lowest BCUT2D eigenvalue weighted by atomic mass is 9.96. The van der Waals surface area contributed by atoms with Gasteiger partial charge in [-0.15, -0.1) is 5.10 Å².